The quantitative estimate of drug-likeness (QED) is 0.650. The normalized spacial score (nSPS) is 17.4. The first-order valence-electron chi connectivity index (χ1n) is 9.09. The van der Waals surface area contributed by atoms with E-state index in [0.29, 0.717) is 12.1 Å². The van der Waals surface area contributed by atoms with Gasteiger partial charge < -0.3 is 16.0 Å². The first-order chi connectivity index (χ1) is 12.1. The molecule has 2 amide bonds. The van der Waals surface area contributed by atoms with Gasteiger partial charge in [0.15, 0.2) is 0 Å². The zero-order valence-corrected chi connectivity index (χ0v) is 15.2. The number of hydrogen-bond donors (Lipinski definition) is 2. The van der Waals surface area contributed by atoms with E-state index in [4.69, 9.17) is 5.73 Å². The standard InChI is InChI=1S/C18H29N5O2/c1-3-22(4-2)16-9-8-14(13-21-16)18(25)20-10-6-12-23-11-5-7-15(23)17(19)24/h8-9,13,15H,3-7,10-12H2,1-2H3,(H2,19,24)(H,20,25)/t15-/m1/s1. The smallest absolute Gasteiger partial charge is 0.252 e. The Hall–Kier alpha value is -2.15. The highest BCUT2D eigenvalue weighted by molar-refractivity contribution is 5.94. The molecule has 0 aromatic carbocycles. The third kappa shape index (κ3) is 5.16. The highest BCUT2D eigenvalue weighted by atomic mass is 16.2. The molecular weight excluding hydrogens is 318 g/mol. The van der Waals surface area contributed by atoms with Crippen molar-refractivity contribution in [2.45, 2.75) is 39.2 Å². The van der Waals surface area contributed by atoms with Crippen LogP contribution < -0.4 is 16.0 Å². The third-order valence-electron chi connectivity index (χ3n) is 4.70. The maximum atomic E-state index is 12.2. The Morgan fingerprint density at radius 1 is 1.36 bits per heavy atom. The van der Waals surface area contributed by atoms with Gasteiger partial charge in [0.05, 0.1) is 11.6 Å². The minimum atomic E-state index is -0.249. The fourth-order valence-corrected chi connectivity index (χ4v) is 3.26. The van der Waals surface area contributed by atoms with Gasteiger partial charge in [-0.2, -0.15) is 0 Å². The van der Waals surface area contributed by atoms with Crippen molar-refractivity contribution >= 4 is 17.6 Å². The minimum Gasteiger partial charge on any atom is -0.368 e. The first kappa shape index (κ1) is 19.2. The number of rotatable bonds is 9. The second-order valence-electron chi connectivity index (χ2n) is 6.28. The highest BCUT2D eigenvalue weighted by Gasteiger charge is 2.28. The number of amides is 2. The molecule has 0 bridgehead atoms. The van der Waals surface area contributed by atoms with Crippen LogP contribution in [0, 0.1) is 0 Å². The average Bonchev–Trinajstić information content (AvgIpc) is 3.09. The second kappa shape index (κ2) is 9.36. The van der Waals surface area contributed by atoms with Crippen molar-refractivity contribution in [3.05, 3.63) is 23.9 Å². The number of aromatic nitrogens is 1. The van der Waals surface area contributed by atoms with E-state index >= 15 is 0 Å². The lowest BCUT2D eigenvalue weighted by Crippen LogP contribution is -2.41. The highest BCUT2D eigenvalue weighted by Crippen LogP contribution is 2.16. The molecule has 1 aromatic heterocycles. The summed E-state index contributed by atoms with van der Waals surface area (Å²) in [7, 11) is 0. The molecule has 0 spiro atoms. The van der Waals surface area contributed by atoms with E-state index in [1.165, 1.54) is 0 Å². The molecule has 1 aliphatic heterocycles. The molecule has 138 valence electrons. The van der Waals surface area contributed by atoms with Gasteiger partial charge in [-0.1, -0.05) is 0 Å². The van der Waals surface area contributed by atoms with Crippen LogP contribution >= 0.6 is 0 Å². The lowest BCUT2D eigenvalue weighted by Gasteiger charge is -2.21. The van der Waals surface area contributed by atoms with Crippen LogP contribution in [0.25, 0.3) is 0 Å². The number of nitrogens with zero attached hydrogens (tertiary/aromatic N) is 3. The van der Waals surface area contributed by atoms with E-state index in [-0.39, 0.29) is 17.9 Å². The van der Waals surface area contributed by atoms with Crippen molar-refractivity contribution in [2.24, 2.45) is 5.73 Å². The van der Waals surface area contributed by atoms with Gasteiger partial charge in [-0.15, -0.1) is 0 Å². The van der Waals surface area contributed by atoms with E-state index < -0.39 is 0 Å². The van der Waals surface area contributed by atoms with E-state index in [1.807, 2.05) is 6.07 Å². The fourth-order valence-electron chi connectivity index (χ4n) is 3.26. The van der Waals surface area contributed by atoms with Gasteiger partial charge in [0.2, 0.25) is 5.91 Å². The summed E-state index contributed by atoms with van der Waals surface area (Å²) in [5.74, 6) is 0.514. The van der Waals surface area contributed by atoms with Gasteiger partial charge in [0.1, 0.15) is 5.82 Å². The number of nitrogens with one attached hydrogen (secondary N) is 1. The topological polar surface area (TPSA) is 91.6 Å². The van der Waals surface area contributed by atoms with Crippen molar-refractivity contribution < 1.29 is 9.59 Å². The first-order valence-corrected chi connectivity index (χ1v) is 9.09. The Kier molecular flexibility index (Phi) is 7.18. The van der Waals surface area contributed by atoms with Gasteiger partial charge in [-0.05, 0) is 51.8 Å². The van der Waals surface area contributed by atoms with E-state index in [2.05, 4.69) is 33.9 Å². The molecule has 0 aliphatic carbocycles. The van der Waals surface area contributed by atoms with Crippen LogP contribution in [0.5, 0.6) is 0 Å². The van der Waals surface area contributed by atoms with E-state index in [9.17, 15) is 9.59 Å². The predicted molar refractivity (Wildman–Crippen MR) is 98.5 cm³/mol. The largest absolute Gasteiger partial charge is 0.368 e. The van der Waals surface area contributed by atoms with Crippen LogP contribution in [-0.4, -0.2) is 60.5 Å². The molecule has 7 heteroatoms. The van der Waals surface area contributed by atoms with Gasteiger partial charge in [0.25, 0.3) is 5.91 Å². The zero-order chi connectivity index (χ0) is 18.2. The molecule has 2 heterocycles. The van der Waals surface area contributed by atoms with Crippen LogP contribution in [0.2, 0.25) is 0 Å². The molecule has 25 heavy (non-hydrogen) atoms. The number of carbonyl (C=O) groups excluding carboxylic acids is 2. The molecule has 1 fully saturated rings. The summed E-state index contributed by atoms with van der Waals surface area (Å²) < 4.78 is 0. The molecule has 2 rings (SSSR count). The number of nitrogens with two attached hydrogens (primary N) is 1. The molecule has 0 saturated carbocycles. The van der Waals surface area contributed by atoms with Crippen molar-refractivity contribution in [3.8, 4) is 0 Å². The van der Waals surface area contributed by atoms with Gasteiger partial charge in [-0.25, -0.2) is 4.98 Å². The molecule has 0 unspecified atom stereocenters. The van der Waals surface area contributed by atoms with Crippen molar-refractivity contribution in [3.63, 3.8) is 0 Å². The summed E-state index contributed by atoms with van der Waals surface area (Å²) in [5, 5.41) is 2.91. The van der Waals surface area contributed by atoms with Crippen LogP contribution in [0.1, 0.15) is 43.5 Å². The van der Waals surface area contributed by atoms with E-state index in [0.717, 1.165) is 51.3 Å². The van der Waals surface area contributed by atoms with Crippen molar-refractivity contribution in [1.29, 1.82) is 0 Å². The van der Waals surface area contributed by atoms with Crippen LogP contribution in [0.3, 0.4) is 0 Å². The third-order valence-corrected chi connectivity index (χ3v) is 4.70. The average molecular weight is 347 g/mol. The fraction of sp³-hybridized carbons (Fsp3) is 0.611. The van der Waals surface area contributed by atoms with Crippen molar-refractivity contribution in [1.82, 2.24) is 15.2 Å². The molecular formula is C18H29N5O2. The Morgan fingerprint density at radius 3 is 2.72 bits per heavy atom. The maximum absolute atomic E-state index is 12.2. The molecule has 1 aromatic rings. The number of anilines is 1. The molecule has 1 aliphatic rings. The SMILES string of the molecule is CCN(CC)c1ccc(C(=O)NCCCN2CCC[C@@H]2C(N)=O)cn1. The van der Waals surface area contributed by atoms with E-state index in [1.54, 1.807) is 12.3 Å². The Labute approximate surface area is 149 Å². The lowest BCUT2D eigenvalue weighted by atomic mass is 10.2. The Balaban J connectivity index is 1.76. The maximum Gasteiger partial charge on any atom is 0.252 e. The van der Waals surface area contributed by atoms with Gasteiger partial charge in [-0.3, -0.25) is 14.5 Å². The Bertz CT molecular complexity index is 571. The summed E-state index contributed by atoms with van der Waals surface area (Å²) in [6, 6.07) is 3.54. The van der Waals surface area contributed by atoms with Gasteiger partial charge in [0, 0.05) is 32.4 Å². The summed E-state index contributed by atoms with van der Waals surface area (Å²) in [6.07, 6.45) is 4.25. The number of pyridine rings is 1. The molecule has 3 N–H and O–H groups in total. The number of hydrogen-bond acceptors (Lipinski definition) is 5. The Morgan fingerprint density at radius 2 is 2.12 bits per heavy atom. The van der Waals surface area contributed by atoms with Crippen LogP contribution in [-0.2, 0) is 4.79 Å². The molecule has 1 saturated heterocycles. The number of likely N-dealkylation sites (tertiary alicyclic amines) is 1. The van der Waals surface area contributed by atoms with Crippen LogP contribution in [0.15, 0.2) is 18.3 Å². The summed E-state index contributed by atoms with van der Waals surface area (Å²) in [5.41, 5.74) is 5.97. The van der Waals surface area contributed by atoms with Gasteiger partial charge >= 0.3 is 0 Å². The summed E-state index contributed by atoms with van der Waals surface area (Å²) in [4.78, 5) is 32.1. The molecule has 0 radical (unpaired) electrons. The summed E-state index contributed by atoms with van der Waals surface area (Å²) in [6.45, 7) is 8.17. The zero-order valence-electron chi connectivity index (χ0n) is 15.2. The predicted octanol–water partition coefficient (Wildman–Crippen LogP) is 0.997. The number of carbonyl (C=O) groups is 2. The second-order valence-corrected chi connectivity index (χ2v) is 6.28. The number of primary amides is 1. The summed E-state index contributed by atoms with van der Waals surface area (Å²) >= 11 is 0. The van der Waals surface area contributed by atoms with Crippen LogP contribution in [0.4, 0.5) is 5.82 Å². The monoisotopic (exact) mass is 347 g/mol. The minimum absolute atomic E-state index is 0.119. The molecule has 7 nitrogen and oxygen atoms in total. The molecule has 1 atom stereocenters. The lowest BCUT2D eigenvalue weighted by molar-refractivity contribution is -0.122. The van der Waals surface area contributed by atoms with Crippen molar-refractivity contribution in [2.75, 3.05) is 37.6 Å².